The molecule has 1 heterocycles. The van der Waals surface area contributed by atoms with Crippen LogP contribution >= 0.6 is 11.6 Å². The van der Waals surface area contributed by atoms with Gasteiger partial charge in [-0.2, -0.15) is 13.2 Å². The van der Waals surface area contributed by atoms with Crippen LogP contribution in [0.15, 0.2) is 42.5 Å². The molecule has 0 spiro atoms. The number of nitrogens with zero attached hydrogens (tertiary/aromatic N) is 1. The minimum absolute atomic E-state index is 0.351. The van der Waals surface area contributed by atoms with Crippen molar-refractivity contribution in [3.63, 3.8) is 0 Å². The molecule has 1 N–H and O–H groups in total. The van der Waals surface area contributed by atoms with Gasteiger partial charge in [-0.1, -0.05) is 36.2 Å². The Hall–Kier alpha value is -2.25. The Kier molecular flexibility index (Phi) is 6.93. The van der Waals surface area contributed by atoms with E-state index < -0.39 is 29.8 Å². The molecule has 1 aliphatic rings. The lowest BCUT2D eigenvalue weighted by molar-refractivity contribution is -0.145. The van der Waals surface area contributed by atoms with Crippen LogP contribution in [0.25, 0.3) is 0 Å². The molecule has 0 aromatic heterocycles. The molecule has 2 aromatic carbocycles. The van der Waals surface area contributed by atoms with Crippen LogP contribution in [0.2, 0.25) is 5.02 Å². The van der Waals surface area contributed by atoms with Crippen molar-refractivity contribution in [1.82, 2.24) is 4.90 Å². The van der Waals surface area contributed by atoms with E-state index in [1.165, 1.54) is 12.1 Å². The number of piperidine rings is 1. The van der Waals surface area contributed by atoms with Crippen LogP contribution in [0.5, 0.6) is 5.75 Å². The van der Waals surface area contributed by atoms with Gasteiger partial charge in [0.1, 0.15) is 11.8 Å². The van der Waals surface area contributed by atoms with E-state index in [0.717, 1.165) is 18.9 Å². The number of alkyl halides is 3. The number of halogens is 4. The van der Waals surface area contributed by atoms with E-state index in [1.807, 2.05) is 6.92 Å². The fraction of sp³-hybridized carbons (Fsp3) is 0.409. The van der Waals surface area contributed by atoms with E-state index in [0.29, 0.717) is 36.4 Å². The zero-order valence-corrected chi connectivity index (χ0v) is 17.2. The summed E-state index contributed by atoms with van der Waals surface area (Å²) in [5.41, 5.74) is 0.118. The number of hydrogen-bond acceptors (Lipinski definition) is 3. The quantitative estimate of drug-likeness (QED) is 0.616. The maximum atomic E-state index is 13.5. The summed E-state index contributed by atoms with van der Waals surface area (Å²) in [6.07, 6.45) is -2.62. The molecule has 0 bridgehead atoms. The van der Waals surface area contributed by atoms with Gasteiger partial charge in [0.25, 0.3) is 0 Å². The first-order valence-electron chi connectivity index (χ1n) is 9.80. The van der Waals surface area contributed by atoms with Gasteiger partial charge in [0.2, 0.25) is 0 Å². The Labute approximate surface area is 178 Å². The normalized spacial score (nSPS) is 18.8. The molecule has 30 heavy (non-hydrogen) atoms. The highest BCUT2D eigenvalue weighted by Gasteiger charge is 2.38. The Bertz CT molecular complexity index is 886. The van der Waals surface area contributed by atoms with E-state index >= 15 is 0 Å². The van der Waals surface area contributed by atoms with Gasteiger partial charge >= 0.3 is 12.1 Å². The second kappa shape index (κ2) is 9.27. The number of aliphatic carboxylic acids is 1. The second-order valence-electron chi connectivity index (χ2n) is 7.23. The monoisotopic (exact) mass is 441 g/mol. The van der Waals surface area contributed by atoms with Crippen molar-refractivity contribution in [2.45, 2.75) is 44.4 Å². The molecule has 0 amide bonds. The van der Waals surface area contributed by atoms with Crippen molar-refractivity contribution >= 4 is 17.6 Å². The molecule has 8 heteroatoms. The van der Waals surface area contributed by atoms with E-state index in [1.54, 1.807) is 29.2 Å². The van der Waals surface area contributed by atoms with Crippen molar-refractivity contribution in [1.29, 1.82) is 0 Å². The SMILES string of the molecule is CCOc1ccc(C(c2ccc(Cl)c(C(F)(F)F)c2)N2CCCCC2C(=O)O)cc1. The molecular weight excluding hydrogens is 419 g/mol. The van der Waals surface area contributed by atoms with Crippen LogP contribution in [-0.4, -0.2) is 35.2 Å². The Morgan fingerprint density at radius 3 is 2.47 bits per heavy atom. The average molecular weight is 442 g/mol. The largest absolute Gasteiger partial charge is 0.494 e. The molecule has 1 aliphatic heterocycles. The highest BCUT2D eigenvalue weighted by molar-refractivity contribution is 6.31. The molecule has 2 atom stereocenters. The van der Waals surface area contributed by atoms with Gasteiger partial charge in [-0.25, -0.2) is 0 Å². The van der Waals surface area contributed by atoms with Crippen molar-refractivity contribution in [2.24, 2.45) is 0 Å². The van der Waals surface area contributed by atoms with Crippen LogP contribution in [0.1, 0.15) is 48.9 Å². The van der Waals surface area contributed by atoms with E-state index in [9.17, 15) is 23.1 Å². The first-order valence-corrected chi connectivity index (χ1v) is 10.2. The van der Waals surface area contributed by atoms with Gasteiger partial charge in [0.15, 0.2) is 0 Å². The third kappa shape index (κ3) is 4.90. The molecule has 0 saturated carbocycles. The van der Waals surface area contributed by atoms with Crippen LogP contribution in [0, 0.1) is 0 Å². The second-order valence-corrected chi connectivity index (χ2v) is 7.64. The molecule has 1 saturated heterocycles. The fourth-order valence-corrected chi connectivity index (χ4v) is 4.17. The van der Waals surface area contributed by atoms with Gasteiger partial charge in [-0.05, 0) is 61.7 Å². The van der Waals surface area contributed by atoms with E-state index in [4.69, 9.17) is 16.3 Å². The van der Waals surface area contributed by atoms with Crippen LogP contribution < -0.4 is 4.74 Å². The minimum Gasteiger partial charge on any atom is -0.494 e. The zero-order valence-electron chi connectivity index (χ0n) is 16.5. The van der Waals surface area contributed by atoms with Gasteiger partial charge in [-0.3, -0.25) is 9.69 Å². The van der Waals surface area contributed by atoms with Crippen LogP contribution in [0.3, 0.4) is 0 Å². The summed E-state index contributed by atoms with van der Waals surface area (Å²) in [6, 6.07) is 9.37. The average Bonchev–Trinajstić information content (AvgIpc) is 2.70. The first kappa shape index (κ1) is 22.4. The maximum absolute atomic E-state index is 13.5. The summed E-state index contributed by atoms with van der Waals surface area (Å²) in [6.45, 7) is 2.81. The molecule has 2 unspecified atom stereocenters. The van der Waals surface area contributed by atoms with E-state index in [-0.39, 0.29) is 5.02 Å². The Morgan fingerprint density at radius 1 is 1.20 bits per heavy atom. The maximum Gasteiger partial charge on any atom is 0.417 e. The lowest BCUT2D eigenvalue weighted by atomic mass is 9.91. The predicted octanol–water partition coefficient (Wildman–Crippen LogP) is 5.79. The lowest BCUT2D eigenvalue weighted by Crippen LogP contribution is -2.46. The Morgan fingerprint density at radius 2 is 1.87 bits per heavy atom. The van der Waals surface area contributed by atoms with Gasteiger partial charge in [0.05, 0.1) is 23.2 Å². The van der Waals surface area contributed by atoms with Gasteiger partial charge in [0, 0.05) is 0 Å². The van der Waals surface area contributed by atoms with Gasteiger partial charge in [-0.15, -0.1) is 0 Å². The number of hydrogen-bond donors (Lipinski definition) is 1. The number of ether oxygens (including phenoxy) is 1. The van der Waals surface area contributed by atoms with Gasteiger partial charge < -0.3 is 9.84 Å². The molecule has 0 aliphatic carbocycles. The lowest BCUT2D eigenvalue weighted by Gasteiger charge is -2.40. The summed E-state index contributed by atoms with van der Waals surface area (Å²) in [4.78, 5) is 13.7. The van der Waals surface area contributed by atoms with Crippen molar-refractivity contribution < 1.29 is 27.8 Å². The van der Waals surface area contributed by atoms with Crippen LogP contribution in [-0.2, 0) is 11.0 Å². The van der Waals surface area contributed by atoms with Crippen molar-refractivity contribution in [3.8, 4) is 5.75 Å². The fourth-order valence-electron chi connectivity index (χ4n) is 3.95. The first-order chi connectivity index (χ1) is 14.2. The van der Waals surface area contributed by atoms with Crippen molar-refractivity contribution in [2.75, 3.05) is 13.2 Å². The zero-order chi connectivity index (χ0) is 21.9. The molecule has 0 radical (unpaired) electrons. The highest BCUT2D eigenvalue weighted by Crippen LogP contribution is 2.40. The predicted molar refractivity (Wildman–Crippen MR) is 108 cm³/mol. The molecule has 2 aromatic rings. The standard InChI is InChI=1S/C22H23ClF3NO3/c1-2-30-16-9-6-14(7-10-16)20(27-12-4-3-5-19(27)21(28)29)15-8-11-18(23)17(13-15)22(24,25)26/h6-11,13,19-20H,2-5,12H2,1H3,(H,28,29). The number of likely N-dealkylation sites (tertiary alicyclic amines) is 1. The topological polar surface area (TPSA) is 49.8 Å². The highest BCUT2D eigenvalue weighted by atomic mass is 35.5. The molecule has 162 valence electrons. The summed E-state index contributed by atoms with van der Waals surface area (Å²) in [5.74, 6) is -0.337. The van der Waals surface area contributed by atoms with E-state index in [2.05, 4.69) is 0 Å². The smallest absolute Gasteiger partial charge is 0.417 e. The third-order valence-corrected chi connectivity index (χ3v) is 5.61. The molecule has 4 nitrogen and oxygen atoms in total. The number of benzene rings is 2. The Balaban J connectivity index is 2.11. The number of carbonyl (C=O) groups is 1. The van der Waals surface area contributed by atoms with Crippen molar-refractivity contribution in [3.05, 3.63) is 64.2 Å². The third-order valence-electron chi connectivity index (χ3n) is 5.28. The van der Waals surface area contributed by atoms with Crippen LogP contribution in [0.4, 0.5) is 13.2 Å². The molecule has 3 rings (SSSR count). The summed E-state index contributed by atoms with van der Waals surface area (Å²) >= 11 is 5.81. The summed E-state index contributed by atoms with van der Waals surface area (Å²) in [7, 11) is 0. The number of rotatable bonds is 6. The molecular formula is C22H23ClF3NO3. The summed E-state index contributed by atoms with van der Waals surface area (Å²) in [5, 5.41) is 9.35. The number of carboxylic acid groups (broad SMARTS) is 1. The minimum atomic E-state index is -4.61. The molecule has 1 fully saturated rings. The number of carboxylic acids is 1. The summed E-state index contributed by atoms with van der Waals surface area (Å²) < 4.78 is 45.9.